The fraction of sp³-hybridized carbons (Fsp3) is 0.375. The summed E-state index contributed by atoms with van der Waals surface area (Å²) in [7, 11) is 0. The van der Waals surface area contributed by atoms with Gasteiger partial charge in [-0.15, -0.1) is 0 Å². The number of piperazine rings is 1. The molecule has 3 rings (SSSR count). The molecule has 2 aromatic rings. The van der Waals surface area contributed by atoms with E-state index in [4.69, 9.17) is 11.6 Å². The molecule has 1 N–H and O–H groups in total. The monoisotopic (exact) mass is 528 g/mol. The van der Waals surface area contributed by atoms with Crippen molar-refractivity contribution in [2.45, 2.75) is 19.9 Å². The first kappa shape index (κ1) is 27.4. The number of amides is 3. The Morgan fingerprint density at radius 1 is 1.03 bits per heavy atom. The zero-order valence-electron chi connectivity index (χ0n) is 19.4. The van der Waals surface area contributed by atoms with Gasteiger partial charge in [-0.1, -0.05) is 30.7 Å². The van der Waals surface area contributed by atoms with Crippen LogP contribution in [0.4, 0.5) is 28.0 Å². The fourth-order valence-corrected chi connectivity index (χ4v) is 3.89. The number of alkyl halides is 2. The summed E-state index contributed by atoms with van der Waals surface area (Å²) < 4.78 is 53.3. The molecule has 0 atom stereocenters. The molecule has 1 saturated heterocycles. The van der Waals surface area contributed by atoms with E-state index in [0.717, 1.165) is 18.7 Å². The molecular formula is C24H25ClF4N4O3. The van der Waals surface area contributed by atoms with Gasteiger partial charge in [0.2, 0.25) is 0 Å². The number of rotatable bonds is 8. The van der Waals surface area contributed by atoms with Crippen molar-refractivity contribution in [3.63, 3.8) is 0 Å². The molecule has 0 bridgehead atoms. The first-order valence-electron chi connectivity index (χ1n) is 11.2. The Morgan fingerprint density at radius 3 is 2.31 bits per heavy atom. The van der Waals surface area contributed by atoms with Gasteiger partial charge in [0.1, 0.15) is 11.6 Å². The van der Waals surface area contributed by atoms with E-state index >= 15 is 0 Å². The molecule has 36 heavy (non-hydrogen) atoms. The lowest BCUT2D eigenvalue weighted by atomic mass is 10.1. The molecule has 2 aromatic carbocycles. The maximum Gasteiger partial charge on any atom is 0.324 e. The first-order chi connectivity index (χ1) is 17.1. The Kier molecular flexibility index (Phi) is 9.27. The summed E-state index contributed by atoms with van der Waals surface area (Å²) in [6, 6.07) is 6.81. The molecular weight excluding hydrogens is 504 g/mol. The lowest BCUT2D eigenvalue weighted by molar-refractivity contribution is -0.131. The molecule has 1 aliphatic heterocycles. The number of halogens is 5. The number of likely N-dealkylation sites (N-methyl/N-ethyl adjacent to an activating group) is 1. The number of ketones is 1. The van der Waals surface area contributed by atoms with E-state index in [-0.39, 0.29) is 28.4 Å². The lowest BCUT2D eigenvalue weighted by Gasteiger charge is -2.37. The molecule has 0 radical (unpaired) electrons. The topological polar surface area (TPSA) is 73.0 Å². The third-order valence-electron chi connectivity index (χ3n) is 5.86. The Bertz CT molecular complexity index is 1130. The Morgan fingerprint density at radius 2 is 1.72 bits per heavy atom. The molecule has 0 saturated carbocycles. The SMILES string of the molecule is CCN1CCN(C(=O)N(Cc2ccc(C(=O)CNC(=O)C(F)F)cc2F)c2ccc(F)c(Cl)c2)CC1. The van der Waals surface area contributed by atoms with Gasteiger partial charge in [-0.05, 0) is 30.8 Å². The normalized spacial score (nSPS) is 14.1. The highest BCUT2D eigenvalue weighted by atomic mass is 35.5. The highest BCUT2D eigenvalue weighted by Crippen LogP contribution is 2.26. The van der Waals surface area contributed by atoms with Gasteiger partial charge in [0.25, 0.3) is 5.91 Å². The molecule has 0 spiro atoms. The maximum absolute atomic E-state index is 15.0. The van der Waals surface area contributed by atoms with Crippen molar-refractivity contribution in [3.8, 4) is 0 Å². The van der Waals surface area contributed by atoms with E-state index in [9.17, 15) is 31.9 Å². The summed E-state index contributed by atoms with van der Waals surface area (Å²) in [6.45, 7) is 4.18. The number of carbonyl (C=O) groups is 3. The van der Waals surface area contributed by atoms with Crippen LogP contribution in [0.15, 0.2) is 36.4 Å². The number of hydrogen-bond donors (Lipinski definition) is 1. The molecule has 0 aliphatic carbocycles. The number of hydrogen-bond acceptors (Lipinski definition) is 4. The summed E-state index contributed by atoms with van der Waals surface area (Å²) in [5.41, 5.74) is 0.187. The summed E-state index contributed by atoms with van der Waals surface area (Å²) in [6.07, 6.45) is -3.27. The highest BCUT2D eigenvalue weighted by molar-refractivity contribution is 6.31. The Hall–Kier alpha value is -3.18. The van der Waals surface area contributed by atoms with Crippen molar-refractivity contribution in [1.82, 2.24) is 15.1 Å². The molecule has 194 valence electrons. The summed E-state index contributed by atoms with van der Waals surface area (Å²) in [5.74, 6) is -3.85. The minimum Gasteiger partial charge on any atom is -0.344 e. The predicted octanol–water partition coefficient (Wildman–Crippen LogP) is 3.95. The summed E-state index contributed by atoms with van der Waals surface area (Å²) in [4.78, 5) is 41.6. The molecule has 3 amide bonds. The van der Waals surface area contributed by atoms with Gasteiger partial charge in [-0.2, -0.15) is 8.78 Å². The average Bonchev–Trinajstić information content (AvgIpc) is 2.87. The Balaban J connectivity index is 1.81. The minimum atomic E-state index is -3.27. The number of benzene rings is 2. The maximum atomic E-state index is 15.0. The van der Waals surface area contributed by atoms with E-state index in [2.05, 4.69) is 4.90 Å². The molecule has 1 fully saturated rings. The van der Waals surface area contributed by atoms with Crippen molar-refractivity contribution in [2.24, 2.45) is 0 Å². The number of Topliss-reactive ketones (excluding diaryl/α,β-unsaturated/α-hetero) is 1. The van der Waals surface area contributed by atoms with Crippen LogP contribution in [0.25, 0.3) is 0 Å². The second-order valence-electron chi connectivity index (χ2n) is 8.14. The van der Waals surface area contributed by atoms with Crippen molar-refractivity contribution in [1.29, 1.82) is 0 Å². The average molecular weight is 529 g/mol. The summed E-state index contributed by atoms with van der Waals surface area (Å²) in [5, 5.41) is 1.57. The quantitative estimate of drug-likeness (QED) is 0.416. The van der Waals surface area contributed by atoms with Gasteiger partial charge >= 0.3 is 12.5 Å². The number of nitrogens with zero attached hydrogens (tertiary/aromatic N) is 3. The van der Waals surface area contributed by atoms with Crippen LogP contribution in [0.2, 0.25) is 5.02 Å². The zero-order valence-corrected chi connectivity index (χ0v) is 20.2. The van der Waals surface area contributed by atoms with Crippen LogP contribution in [-0.4, -0.2) is 73.2 Å². The third-order valence-corrected chi connectivity index (χ3v) is 6.15. The molecule has 7 nitrogen and oxygen atoms in total. The van der Waals surface area contributed by atoms with Gasteiger partial charge in [0.15, 0.2) is 5.78 Å². The van der Waals surface area contributed by atoms with E-state index in [1.54, 1.807) is 10.2 Å². The van der Waals surface area contributed by atoms with E-state index in [0.29, 0.717) is 26.2 Å². The van der Waals surface area contributed by atoms with E-state index in [1.165, 1.54) is 29.2 Å². The van der Waals surface area contributed by atoms with Gasteiger partial charge in [-0.3, -0.25) is 14.5 Å². The summed E-state index contributed by atoms with van der Waals surface area (Å²) >= 11 is 5.93. The molecule has 1 heterocycles. The van der Waals surface area contributed by atoms with Crippen molar-refractivity contribution in [3.05, 3.63) is 64.2 Å². The van der Waals surface area contributed by atoms with Gasteiger partial charge in [0, 0.05) is 43.0 Å². The largest absolute Gasteiger partial charge is 0.344 e. The Labute approximate surface area is 210 Å². The molecule has 1 aliphatic rings. The van der Waals surface area contributed by atoms with Crippen molar-refractivity contribution in [2.75, 3.05) is 44.2 Å². The van der Waals surface area contributed by atoms with Crippen LogP contribution in [-0.2, 0) is 11.3 Å². The van der Waals surface area contributed by atoms with Crippen LogP contribution in [0.5, 0.6) is 0 Å². The number of anilines is 1. The van der Waals surface area contributed by atoms with E-state index < -0.39 is 42.3 Å². The van der Waals surface area contributed by atoms with Crippen molar-refractivity contribution < 1.29 is 31.9 Å². The standard InChI is InChI=1S/C24H25ClF4N4O3/c1-2-31-7-9-32(10-8-31)24(36)33(17-5-6-19(26)18(25)12-17)14-16-4-3-15(11-20(16)27)21(34)13-30-23(35)22(28)29/h3-6,11-12,22H,2,7-10,13-14H2,1H3,(H,30,35). The van der Waals surface area contributed by atoms with Crippen LogP contribution in [0, 0.1) is 11.6 Å². The first-order valence-corrected chi connectivity index (χ1v) is 11.6. The zero-order chi connectivity index (χ0) is 26.4. The number of carbonyl (C=O) groups excluding carboxylic acids is 3. The van der Waals surface area contributed by atoms with Crippen LogP contribution in [0.3, 0.4) is 0 Å². The number of nitrogens with one attached hydrogen (secondary N) is 1. The second kappa shape index (κ2) is 12.2. The predicted molar refractivity (Wildman–Crippen MR) is 126 cm³/mol. The van der Waals surface area contributed by atoms with Crippen LogP contribution < -0.4 is 10.2 Å². The molecule has 0 aromatic heterocycles. The minimum absolute atomic E-state index is 0.0594. The third kappa shape index (κ3) is 6.73. The van der Waals surface area contributed by atoms with Gasteiger partial charge in [0.05, 0.1) is 18.1 Å². The van der Waals surface area contributed by atoms with Crippen LogP contribution >= 0.6 is 11.6 Å². The fourth-order valence-electron chi connectivity index (χ4n) is 3.71. The smallest absolute Gasteiger partial charge is 0.324 e. The highest BCUT2D eigenvalue weighted by Gasteiger charge is 2.27. The molecule has 0 unspecified atom stereocenters. The van der Waals surface area contributed by atoms with Crippen LogP contribution in [0.1, 0.15) is 22.8 Å². The van der Waals surface area contributed by atoms with Gasteiger partial charge in [-0.25, -0.2) is 13.6 Å². The van der Waals surface area contributed by atoms with Gasteiger partial charge < -0.3 is 15.1 Å². The lowest BCUT2D eigenvalue weighted by Crippen LogP contribution is -2.52. The molecule has 12 heteroatoms. The second-order valence-corrected chi connectivity index (χ2v) is 8.54. The number of urea groups is 1. The van der Waals surface area contributed by atoms with Crippen molar-refractivity contribution >= 4 is 35.0 Å². The van der Waals surface area contributed by atoms with E-state index in [1.807, 2.05) is 6.92 Å².